The Morgan fingerprint density at radius 1 is 0.929 bits per heavy atom. The Bertz CT molecular complexity index is 843. The first kappa shape index (κ1) is 21.1. The zero-order valence-corrected chi connectivity index (χ0v) is 18.3. The predicted molar refractivity (Wildman–Crippen MR) is 121 cm³/mol. The van der Waals surface area contributed by atoms with Gasteiger partial charge in [0.1, 0.15) is 0 Å². The van der Waals surface area contributed by atoms with Crippen LogP contribution >= 0.6 is 22.9 Å². The van der Waals surface area contributed by atoms with E-state index in [4.69, 9.17) is 16.3 Å². The van der Waals surface area contributed by atoms with Gasteiger partial charge in [0, 0.05) is 14.8 Å². The molecule has 0 bridgehead atoms. The minimum absolute atomic E-state index is 0.0866. The van der Waals surface area contributed by atoms with Crippen LogP contribution in [0.1, 0.15) is 53.7 Å². The van der Waals surface area contributed by atoms with Gasteiger partial charge in [0.2, 0.25) is 0 Å². The summed E-state index contributed by atoms with van der Waals surface area (Å²) in [6.45, 7) is 5.18. The highest BCUT2D eigenvalue weighted by molar-refractivity contribution is 7.11. The SMILES string of the molecule is CCC(C)CC(OCc1ccc(CCc2ccccc2)s1)c1cccc(Cl)c1. The molecular weight excluding hydrogens is 384 g/mol. The van der Waals surface area contributed by atoms with Gasteiger partial charge in [-0.1, -0.05) is 74.3 Å². The van der Waals surface area contributed by atoms with Gasteiger partial charge >= 0.3 is 0 Å². The number of hydrogen-bond acceptors (Lipinski definition) is 2. The molecule has 0 aliphatic carbocycles. The fourth-order valence-corrected chi connectivity index (χ4v) is 4.41. The third-order valence-electron chi connectivity index (χ3n) is 5.18. The van der Waals surface area contributed by atoms with Gasteiger partial charge in [0.15, 0.2) is 0 Å². The first-order valence-corrected chi connectivity index (χ1v) is 11.3. The van der Waals surface area contributed by atoms with E-state index in [2.05, 4.69) is 62.4 Å². The average molecular weight is 413 g/mol. The highest BCUT2D eigenvalue weighted by atomic mass is 35.5. The van der Waals surface area contributed by atoms with Crippen LogP contribution in [0.25, 0.3) is 0 Å². The Balaban J connectivity index is 1.59. The van der Waals surface area contributed by atoms with Crippen molar-refractivity contribution in [2.75, 3.05) is 0 Å². The third kappa shape index (κ3) is 6.48. The Morgan fingerprint density at radius 2 is 1.71 bits per heavy atom. The minimum Gasteiger partial charge on any atom is -0.368 e. The average Bonchev–Trinajstić information content (AvgIpc) is 3.18. The summed E-state index contributed by atoms with van der Waals surface area (Å²) in [5.41, 5.74) is 2.57. The van der Waals surface area contributed by atoms with E-state index in [0.29, 0.717) is 12.5 Å². The maximum atomic E-state index is 6.37. The van der Waals surface area contributed by atoms with E-state index in [-0.39, 0.29) is 6.10 Å². The van der Waals surface area contributed by atoms with Crippen molar-refractivity contribution in [2.45, 2.75) is 52.2 Å². The summed E-state index contributed by atoms with van der Waals surface area (Å²) in [6.07, 6.45) is 4.43. The molecule has 148 valence electrons. The van der Waals surface area contributed by atoms with Crippen LogP contribution in [0.5, 0.6) is 0 Å². The standard InChI is InChI=1S/C25H29ClOS/c1-3-19(2)16-25(21-10-7-11-22(26)17-21)27-18-24-15-14-23(28-24)13-12-20-8-5-4-6-9-20/h4-11,14-15,17,19,25H,3,12-13,16,18H2,1-2H3. The first-order valence-electron chi connectivity index (χ1n) is 10.1. The number of ether oxygens (including phenoxy) is 1. The van der Waals surface area contributed by atoms with Crippen molar-refractivity contribution in [2.24, 2.45) is 5.92 Å². The summed E-state index contributed by atoms with van der Waals surface area (Å²) in [5.74, 6) is 0.619. The molecule has 2 aromatic carbocycles. The van der Waals surface area contributed by atoms with Gasteiger partial charge in [0.05, 0.1) is 12.7 Å². The Labute approximate surface area is 178 Å². The van der Waals surface area contributed by atoms with Crippen molar-refractivity contribution in [3.63, 3.8) is 0 Å². The van der Waals surface area contributed by atoms with Gasteiger partial charge in [-0.05, 0) is 60.6 Å². The molecule has 1 heterocycles. The van der Waals surface area contributed by atoms with Gasteiger partial charge in [-0.25, -0.2) is 0 Å². The summed E-state index contributed by atoms with van der Waals surface area (Å²) < 4.78 is 6.37. The maximum absolute atomic E-state index is 6.37. The fourth-order valence-electron chi connectivity index (χ4n) is 3.27. The molecule has 1 aromatic heterocycles. The number of rotatable bonds is 10. The molecule has 1 nitrogen and oxygen atoms in total. The molecular formula is C25H29ClOS. The molecule has 3 aromatic rings. The van der Waals surface area contributed by atoms with Crippen molar-refractivity contribution < 1.29 is 4.74 Å². The molecule has 3 heteroatoms. The van der Waals surface area contributed by atoms with Gasteiger partial charge in [-0.15, -0.1) is 11.3 Å². The van der Waals surface area contributed by atoms with E-state index >= 15 is 0 Å². The van der Waals surface area contributed by atoms with Crippen molar-refractivity contribution in [3.05, 3.63) is 92.6 Å². The lowest BCUT2D eigenvalue weighted by Gasteiger charge is -2.21. The second-order valence-electron chi connectivity index (χ2n) is 7.46. The second kappa shape index (κ2) is 10.8. The molecule has 0 fully saturated rings. The second-order valence-corrected chi connectivity index (χ2v) is 9.15. The lowest BCUT2D eigenvalue weighted by atomic mass is 9.96. The molecule has 3 rings (SSSR count). The van der Waals surface area contributed by atoms with Gasteiger partial charge in [-0.3, -0.25) is 0 Å². The molecule has 0 N–H and O–H groups in total. The van der Waals surface area contributed by atoms with E-state index < -0.39 is 0 Å². The summed E-state index contributed by atoms with van der Waals surface area (Å²) in [7, 11) is 0. The van der Waals surface area contributed by atoms with Crippen molar-refractivity contribution >= 4 is 22.9 Å². The molecule has 0 saturated heterocycles. The summed E-state index contributed by atoms with van der Waals surface area (Å²) in [5, 5.41) is 0.773. The molecule has 28 heavy (non-hydrogen) atoms. The third-order valence-corrected chi connectivity index (χ3v) is 6.53. The molecule has 0 saturated carbocycles. The van der Waals surface area contributed by atoms with Crippen LogP contribution in [0.4, 0.5) is 0 Å². The van der Waals surface area contributed by atoms with Gasteiger partial charge < -0.3 is 4.74 Å². The Kier molecular flexibility index (Phi) is 8.14. The van der Waals surface area contributed by atoms with E-state index in [1.54, 1.807) is 0 Å². The number of halogens is 1. The van der Waals surface area contributed by atoms with Gasteiger partial charge in [0.25, 0.3) is 0 Å². The van der Waals surface area contributed by atoms with Crippen LogP contribution in [0.3, 0.4) is 0 Å². The van der Waals surface area contributed by atoms with E-state index in [9.17, 15) is 0 Å². The lowest BCUT2D eigenvalue weighted by molar-refractivity contribution is 0.0254. The molecule has 0 amide bonds. The maximum Gasteiger partial charge on any atom is 0.0833 e. The molecule has 0 aliphatic rings. The summed E-state index contributed by atoms with van der Waals surface area (Å²) in [6, 6.07) is 23.2. The molecule has 0 radical (unpaired) electrons. The Morgan fingerprint density at radius 3 is 2.46 bits per heavy atom. The normalized spacial score (nSPS) is 13.4. The molecule has 0 aliphatic heterocycles. The smallest absolute Gasteiger partial charge is 0.0833 e. The van der Waals surface area contributed by atoms with Crippen LogP contribution < -0.4 is 0 Å². The van der Waals surface area contributed by atoms with E-state index in [0.717, 1.165) is 30.7 Å². The van der Waals surface area contributed by atoms with Crippen LogP contribution in [-0.2, 0) is 24.2 Å². The topological polar surface area (TPSA) is 9.23 Å². The van der Waals surface area contributed by atoms with Crippen LogP contribution in [-0.4, -0.2) is 0 Å². The predicted octanol–water partition coefficient (Wildman–Crippen LogP) is 7.88. The summed E-state index contributed by atoms with van der Waals surface area (Å²) in [4.78, 5) is 2.71. The molecule has 2 unspecified atom stereocenters. The fraction of sp³-hybridized carbons (Fsp3) is 0.360. The monoisotopic (exact) mass is 412 g/mol. The van der Waals surface area contributed by atoms with E-state index in [1.807, 2.05) is 29.5 Å². The highest BCUT2D eigenvalue weighted by Gasteiger charge is 2.16. The number of hydrogen-bond donors (Lipinski definition) is 0. The minimum atomic E-state index is 0.0866. The quantitative estimate of drug-likeness (QED) is 0.329. The van der Waals surface area contributed by atoms with Crippen LogP contribution in [0, 0.1) is 5.92 Å². The van der Waals surface area contributed by atoms with Crippen LogP contribution in [0.2, 0.25) is 5.02 Å². The Hall–Kier alpha value is -1.61. The summed E-state index contributed by atoms with van der Waals surface area (Å²) >= 11 is 8.08. The molecule has 2 atom stereocenters. The zero-order valence-electron chi connectivity index (χ0n) is 16.7. The number of aryl methyl sites for hydroxylation is 2. The van der Waals surface area contributed by atoms with Crippen molar-refractivity contribution in [3.8, 4) is 0 Å². The van der Waals surface area contributed by atoms with Crippen molar-refractivity contribution in [1.29, 1.82) is 0 Å². The lowest BCUT2D eigenvalue weighted by Crippen LogP contribution is -2.08. The largest absolute Gasteiger partial charge is 0.368 e. The number of thiophene rings is 1. The van der Waals surface area contributed by atoms with Crippen molar-refractivity contribution in [1.82, 2.24) is 0 Å². The number of benzene rings is 2. The first-order chi connectivity index (χ1) is 13.6. The molecule has 0 spiro atoms. The van der Waals surface area contributed by atoms with Gasteiger partial charge in [-0.2, -0.15) is 0 Å². The van der Waals surface area contributed by atoms with E-state index in [1.165, 1.54) is 20.9 Å². The highest BCUT2D eigenvalue weighted by Crippen LogP contribution is 2.30. The zero-order chi connectivity index (χ0) is 19.8. The van der Waals surface area contributed by atoms with Crippen LogP contribution in [0.15, 0.2) is 66.7 Å².